The lowest BCUT2D eigenvalue weighted by Gasteiger charge is -2.33. The van der Waals surface area contributed by atoms with Crippen molar-refractivity contribution >= 4 is 28.6 Å². The number of rotatable bonds is 5. The lowest BCUT2D eigenvalue weighted by atomic mass is 10.1. The average Bonchev–Trinajstić information content (AvgIpc) is 2.87. The van der Waals surface area contributed by atoms with Crippen LogP contribution in [0.5, 0.6) is 5.75 Å². The van der Waals surface area contributed by atoms with Crippen LogP contribution in [0.15, 0.2) is 36.7 Å². The molecule has 4 rings (SSSR count). The predicted octanol–water partition coefficient (Wildman–Crippen LogP) is 0.483. The lowest BCUT2D eigenvalue weighted by Crippen LogP contribution is -2.54. The third-order valence-electron chi connectivity index (χ3n) is 5.30. The van der Waals surface area contributed by atoms with Crippen molar-refractivity contribution in [1.82, 2.24) is 25.6 Å². The fourth-order valence-electron chi connectivity index (χ4n) is 3.54. The number of aromatic hydroxyl groups is 1. The van der Waals surface area contributed by atoms with E-state index in [-0.39, 0.29) is 29.7 Å². The van der Waals surface area contributed by atoms with Gasteiger partial charge in [-0.2, -0.15) is 5.26 Å². The van der Waals surface area contributed by atoms with Gasteiger partial charge in [0.2, 0.25) is 0 Å². The molecule has 1 fully saturated rings. The Morgan fingerprint density at radius 1 is 1.30 bits per heavy atom. The number of nitrogens with zero attached hydrogens (tertiary/aromatic N) is 5. The van der Waals surface area contributed by atoms with E-state index in [0.717, 1.165) is 0 Å². The first kappa shape index (κ1) is 21.9. The molecule has 168 valence electrons. The standard InChI is InChI=1S/C22H21N7O4/c1-33-22(32)17-12-29(7-6-24-17)18-5-4-15-16(28-18)11-26-19(20(15)30)21(31)27-10-13-2-3-14(8-23)25-9-13/h2-5,9,11,17,24,30H,6-7,10,12H2,1H3,(H,27,31)/t17-/m1/s1. The van der Waals surface area contributed by atoms with Crippen LogP contribution in [0.4, 0.5) is 5.82 Å². The Labute approximate surface area is 189 Å². The van der Waals surface area contributed by atoms with E-state index in [0.29, 0.717) is 41.9 Å². The highest BCUT2D eigenvalue weighted by Gasteiger charge is 2.27. The Hall–Kier alpha value is -4.30. The molecule has 1 amide bonds. The van der Waals surface area contributed by atoms with Gasteiger partial charge in [0.25, 0.3) is 5.91 Å². The maximum Gasteiger partial charge on any atom is 0.324 e. The summed E-state index contributed by atoms with van der Waals surface area (Å²) in [6.45, 7) is 1.81. The summed E-state index contributed by atoms with van der Waals surface area (Å²) in [5, 5.41) is 25.6. The topological polar surface area (TPSA) is 153 Å². The molecule has 0 aliphatic carbocycles. The molecule has 0 spiro atoms. The zero-order valence-electron chi connectivity index (χ0n) is 17.8. The van der Waals surface area contributed by atoms with Crippen molar-refractivity contribution in [2.24, 2.45) is 0 Å². The number of fused-ring (bicyclic) bond motifs is 1. The highest BCUT2D eigenvalue weighted by Crippen LogP contribution is 2.28. The van der Waals surface area contributed by atoms with Crippen molar-refractivity contribution in [2.45, 2.75) is 12.6 Å². The molecule has 0 unspecified atom stereocenters. The minimum Gasteiger partial charge on any atom is -0.505 e. The molecule has 1 atom stereocenters. The fourth-order valence-corrected chi connectivity index (χ4v) is 3.54. The van der Waals surface area contributed by atoms with Crippen LogP contribution < -0.4 is 15.5 Å². The molecule has 0 radical (unpaired) electrons. The van der Waals surface area contributed by atoms with E-state index in [9.17, 15) is 14.7 Å². The summed E-state index contributed by atoms with van der Waals surface area (Å²) in [6, 6.07) is 8.12. The number of ether oxygens (including phenoxy) is 1. The van der Waals surface area contributed by atoms with Crippen LogP contribution in [0.2, 0.25) is 0 Å². The Morgan fingerprint density at radius 3 is 2.88 bits per heavy atom. The molecule has 3 aromatic rings. The van der Waals surface area contributed by atoms with Crippen molar-refractivity contribution in [3.8, 4) is 11.8 Å². The first-order valence-corrected chi connectivity index (χ1v) is 10.2. The van der Waals surface area contributed by atoms with E-state index in [1.54, 1.807) is 24.3 Å². The number of hydrogen-bond donors (Lipinski definition) is 3. The maximum atomic E-state index is 12.6. The lowest BCUT2D eigenvalue weighted by molar-refractivity contribution is -0.143. The number of carbonyl (C=O) groups is 2. The normalized spacial score (nSPS) is 15.6. The third-order valence-corrected chi connectivity index (χ3v) is 5.30. The highest BCUT2D eigenvalue weighted by molar-refractivity contribution is 6.00. The number of nitriles is 1. The Balaban J connectivity index is 1.50. The summed E-state index contributed by atoms with van der Waals surface area (Å²) < 4.78 is 4.81. The summed E-state index contributed by atoms with van der Waals surface area (Å²) in [4.78, 5) is 39.0. The number of carbonyl (C=O) groups excluding carboxylic acids is 2. The largest absolute Gasteiger partial charge is 0.505 e. The number of pyridine rings is 3. The van der Waals surface area contributed by atoms with Gasteiger partial charge in [0, 0.05) is 37.8 Å². The number of amides is 1. The van der Waals surface area contributed by atoms with Crippen LogP contribution in [0.25, 0.3) is 10.9 Å². The fraction of sp³-hybridized carbons (Fsp3) is 0.273. The average molecular weight is 447 g/mol. The minimum atomic E-state index is -0.550. The quantitative estimate of drug-likeness (QED) is 0.471. The van der Waals surface area contributed by atoms with Crippen LogP contribution in [0.3, 0.4) is 0 Å². The molecule has 1 aliphatic rings. The first-order chi connectivity index (χ1) is 16.0. The number of piperazine rings is 1. The predicted molar refractivity (Wildman–Crippen MR) is 117 cm³/mol. The SMILES string of the molecule is COC(=O)[C@H]1CN(c2ccc3c(O)c(C(=O)NCc4ccc(C#N)nc4)ncc3n2)CCN1. The molecule has 3 N–H and O–H groups in total. The molecule has 1 saturated heterocycles. The Kier molecular flexibility index (Phi) is 6.28. The van der Waals surface area contributed by atoms with Gasteiger partial charge in [0.05, 0.1) is 18.8 Å². The Bertz CT molecular complexity index is 1240. The molecule has 1 aliphatic heterocycles. The maximum absolute atomic E-state index is 12.6. The van der Waals surface area contributed by atoms with Gasteiger partial charge in [0.15, 0.2) is 11.4 Å². The number of esters is 1. The second-order valence-corrected chi connectivity index (χ2v) is 7.38. The van der Waals surface area contributed by atoms with Crippen LogP contribution in [0.1, 0.15) is 21.7 Å². The van der Waals surface area contributed by atoms with E-state index >= 15 is 0 Å². The smallest absolute Gasteiger partial charge is 0.324 e. The van der Waals surface area contributed by atoms with Crippen LogP contribution in [-0.4, -0.2) is 64.7 Å². The van der Waals surface area contributed by atoms with Crippen LogP contribution >= 0.6 is 0 Å². The van der Waals surface area contributed by atoms with Gasteiger partial charge in [0.1, 0.15) is 23.6 Å². The molecule has 3 aromatic heterocycles. The van der Waals surface area contributed by atoms with Crippen LogP contribution in [-0.2, 0) is 16.1 Å². The second-order valence-electron chi connectivity index (χ2n) is 7.38. The van der Waals surface area contributed by atoms with E-state index in [1.165, 1.54) is 19.5 Å². The third kappa shape index (κ3) is 4.65. The molecule has 11 nitrogen and oxygen atoms in total. The molecule has 11 heteroatoms. The Morgan fingerprint density at radius 2 is 2.15 bits per heavy atom. The van der Waals surface area contributed by atoms with Gasteiger partial charge >= 0.3 is 5.97 Å². The van der Waals surface area contributed by atoms with Gasteiger partial charge in [-0.15, -0.1) is 0 Å². The molecular weight excluding hydrogens is 426 g/mol. The molecule has 33 heavy (non-hydrogen) atoms. The molecule has 4 heterocycles. The summed E-state index contributed by atoms with van der Waals surface area (Å²) >= 11 is 0. The van der Waals surface area contributed by atoms with Crippen molar-refractivity contribution in [2.75, 3.05) is 31.6 Å². The summed E-state index contributed by atoms with van der Waals surface area (Å²) in [6.07, 6.45) is 2.93. The van der Waals surface area contributed by atoms with Gasteiger partial charge in [-0.05, 0) is 23.8 Å². The molecule has 0 saturated carbocycles. The number of hydrogen-bond acceptors (Lipinski definition) is 10. The monoisotopic (exact) mass is 447 g/mol. The molecule has 0 aromatic carbocycles. The van der Waals surface area contributed by atoms with Gasteiger partial charge in [-0.3, -0.25) is 9.59 Å². The van der Waals surface area contributed by atoms with E-state index < -0.39 is 11.9 Å². The highest BCUT2D eigenvalue weighted by atomic mass is 16.5. The molecule has 0 bridgehead atoms. The van der Waals surface area contributed by atoms with Crippen molar-refractivity contribution in [3.05, 3.63) is 53.6 Å². The first-order valence-electron chi connectivity index (χ1n) is 10.2. The number of aromatic nitrogens is 3. The summed E-state index contributed by atoms with van der Waals surface area (Å²) in [7, 11) is 1.35. The minimum absolute atomic E-state index is 0.119. The van der Waals surface area contributed by atoms with Gasteiger partial charge in [-0.25, -0.2) is 15.0 Å². The van der Waals surface area contributed by atoms with Gasteiger partial charge in [-0.1, -0.05) is 6.07 Å². The van der Waals surface area contributed by atoms with Crippen molar-refractivity contribution in [3.63, 3.8) is 0 Å². The van der Waals surface area contributed by atoms with Gasteiger partial charge < -0.3 is 25.4 Å². The second kappa shape index (κ2) is 9.46. The van der Waals surface area contributed by atoms with E-state index in [1.807, 2.05) is 11.0 Å². The van der Waals surface area contributed by atoms with E-state index in [4.69, 9.17) is 10.00 Å². The van der Waals surface area contributed by atoms with Crippen LogP contribution in [0, 0.1) is 11.3 Å². The summed E-state index contributed by atoms with van der Waals surface area (Å²) in [5.41, 5.74) is 1.29. The summed E-state index contributed by atoms with van der Waals surface area (Å²) in [5.74, 6) is -0.530. The van der Waals surface area contributed by atoms with Crippen molar-refractivity contribution < 1.29 is 19.4 Å². The van der Waals surface area contributed by atoms with E-state index in [2.05, 4.69) is 25.6 Å². The van der Waals surface area contributed by atoms with Crippen molar-refractivity contribution in [1.29, 1.82) is 5.26 Å². The number of anilines is 1. The molecular formula is C22H21N7O4. The zero-order valence-corrected chi connectivity index (χ0v) is 17.8. The number of nitrogens with one attached hydrogen (secondary N) is 2. The zero-order chi connectivity index (χ0) is 23.4. The number of methoxy groups -OCH3 is 1.